The highest BCUT2D eigenvalue weighted by atomic mass is 15.3. The molecule has 1 heterocycles. The Hall–Kier alpha value is -1.64. The van der Waals surface area contributed by atoms with Crippen LogP contribution in [0.2, 0.25) is 0 Å². The fraction of sp³-hybridized carbons (Fsp3) is 0.467. The molecule has 94 valence electrons. The van der Waals surface area contributed by atoms with Crippen molar-refractivity contribution < 1.29 is 0 Å². The minimum atomic E-state index is 0.797. The van der Waals surface area contributed by atoms with Crippen LogP contribution in [0.3, 0.4) is 0 Å². The van der Waals surface area contributed by atoms with Crippen LogP contribution in [0.5, 0.6) is 0 Å². The molecule has 0 unspecified atom stereocenters. The number of nitrogens with zero attached hydrogens (tertiary/aromatic N) is 3. The van der Waals surface area contributed by atoms with Crippen molar-refractivity contribution in [3.05, 3.63) is 42.5 Å². The zero-order valence-electron chi connectivity index (χ0n) is 10.6. The van der Waals surface area contributed by atoms with Gasteiger partial charge in [-0.3, -0.25) is 4.57 Å². The summed E-state index contributed by atoms with van der Waals surface area (Å²) in [7, 11) is 0. The summed E-state index contributed by atoms with van der Waals surface area (Å²) in [5.41, 5.74) is 1.16. The van der Waals surface area contributed by atoms with Crippen LogP contribution in [-0.4, -0.2) is 14.8 Å². The first kappa shape index (κ1) is 11.5. The highest BCUT2D eigenvalue weighted by molar-refractivity contribution is 5.32. The van der Waals surface area contributed by atoms with Gasteiger partial charge in [0.15, 0.2) is 0 Å². The summed E-state index contributed by atoms with van der Waals surface area (Å²) in [5.74, 6) is 1.90. The summed E-state index contributed by atoms with van der Waals surface area (Å²) in [6.07, 6.45) is 9.75. The van der Waals surface area contributed by atoms with E-state index in [2.05, 4.69) is 39.0 Å². The average Bonchev–Trinajstić information content (AvgIpc) is 2.89. The van der Waals surface area contributed by atoms with E-state index in [0.29, 0.717) is 0 Å². The number of hydrogen-bond donors (Lipinski definition) is 0. The molecule has 0 aliphatic heterocycles. The van der Waals surface area contributed by atoms with Crippen LogP contribution < -0.4 is 0 Å². The number of benzene rings is 1. The smallest absolute Gasteiger partial charge is 0.137 e. The molecule has 3 nitrogen and oxygen atoms in total. The van der Waals surface area contributed by atoms with Crippen LogP contribution in [0.1, 0.15) is 37.9 Å². The maximum atomic E-state index is 4.30. The fourth-order valence-electron chi connectivity index (χ4n) is 2.85. The molecule has 3 rings (SSSR count). The quantitative estimate of drug-likeness (QED) is 0.824. The molecule has 3 heteroatoms. The summed E-state index contributed by atoms with van der Waals surface area (Å²) in [4.78, 5) is 0. The van der Waals surface area contributed by atoms with E-state index < -0.39 is 0 Å². The standard InChI is InChI=1S/C15H19N3/c1-3-7-13(8-4-1)11-15-17-16-12-18(15)14-9-5-2-6-10-14/h2,5-6,9-10,12-13H,1,3-4,7-8,11H2. The summed E-state index contributed by atoms with van der Waals surface area (Å²) in [6.45, 7) is 0. The van der Waals surface area contributed by atoms with Crippen molar-refractivity contribution in [1.82, 2.24) is 14.8 Å². The molecule has 1 fully saturated rings. The Morgan fingerprint density at radius 1 is 1.06 bits per heavy atom. The third-order valence-electron chi connectivity index (χ3n) is 3.85. The second-order valence-corrected chi connectivity index (χ2v) is 5.16. The van der Waals surface area contributed by atoms with E-state index in [1.165, 1.54) is 32.1 Å². The monoisotopic (exact) mass is 241 g/mol. The van der Waals surface area contributed by atoms with Crippen LogP contribution in [0, 0.1) is 5.92 Å². The van der Waals surface area contributed by atoms with Gasteiger partial charge in [-0.15, -0.1) is 10.2 Å². The topological polar surface area (TPSA) is 30.7 Å². The molecule has 18 heavy (non-hydrogen) atoms. The lowest BCUT2D eigenvalue weighted by molar-refractivity contribution is 0.350. The Morgan fingerprint density at radius 2 is 1.83 bits per heavy atom. The van der Waals surface area contributed by atoms with Gasteiger partial charge in [0.1, 0.15) is 12.2 Å². The molecule has 1 aliphatic carbocycles. The lowest BCUT2D eigenvalue weighted by atomic mass is 9.87. The SMILES string of the molecule is c1ccc(-n2cnnc2CC2CCCCC2)cc1. The van der Waals surface area contributed by atoms with Crippen molar-refractivity contribution in [2.45, 2.75) is 38.5 Å². The second-order valence-electron chi connectivity index (χ2n) is 5.16. The first-order chi connectivity index (χ1) is 8.93. The van der Waals surface area contributed by atoms with Gasteiger partial charge >= 0.3 is 0 Å². The molecule has 0 bridgehead atoms. The molecule has 0 atom stereocenters. The number of rotatable bonds is 3. The molecule has 1 aromatic carbocycles. The van der Waals surface area contributed by atoms with E-state index in [4.69, 9.17) is 0 Å². The van der Waals surface area contributed by atoms with Gasteiger partial charge < -0.3 is 0 Å². The van der Waals surface area contributed by atoms with Crippen LogP contribution in [0.15, 0.2) is 36.7 Å². The Kier molecular flexibility index (Phi) is 3.40. The third-order valence-corrected chi connectivity index (χ3v) is 3.85. The molecule has 0 N–H and O–H groups in total. The van der Waals surface area contributed by atoms with E-state index in [1.807, 2.05) is 12.4 Å². The molecule has 1 saturated carbocycles. The van der Waals surface area contributed by atoms with Crippen molar-refractivity contribution in [3.63, 3.8) is 0 Å². The maximum absolute atomic E-state index is 4.30. The highest BCUT2D eigenvalue weighted by Gasteiger charge is 2.17. The largest absolute Gasteiger partial charge is 0.286 e. The Bertz CT molecular complexity index is 483. The summed E-state index contributed by atoms with van der Waals surface area (Å²) < 4.78 is 2.12. The molecule has 0 amide bonds. The van der Waals surface area contributed by atoms with Crippen molar-refractivity contribution >= 4 is 0 Å². The maximum Gasteiger partial charge on any atom is 0.137 e. The lowest BCUT2D eigenvalue weighted by Crippen LogP contribution is -2.12. The first-order valence-corrected chi connectivity index (χ1v) is 6.88. The third kappa shape index (κ3) is 2.45. The van der Waals surface area contributed by atoms with Gasteiger partial charge in [-0.1, -0.05) is 50.3 Å². The van der Waals surface area contributed by atoms with Gasteiger partial charge in [-0.05, 0) is 18.1 Å². The molecule has 0 saturated heterocycles. The van der Waals surface area contributed by atoms with Crippen molar-refractivity contribution in [1.29, 1.82) is 0 Å². The van der Waals surface area contributed by atoms with E-state index >= 15 is 0 Å². The average molecular weight is 241 g/mol. The Labute approximate surface area is 108 Å². The zero-order chi connectivity index (χ0) is 12.2. The molecule has 1 aromatic heterocycles. The Morgan fingerprint density at radius 3 is 2.61 bits per heavy atom. The summed E-state index contributed by atoms with van der Waals surface area (Å²) >= 11 is 0. The van der Waals surface area contributed by atoms with Gasteiger partial charge in [0.2, 0.25) is 0 Å². The minimum absolute atomic E-state index is 0.797. The van der Waals surface area contributed by atoms with Crippen LogP contribution in [-0.2, 0) is 6.42 Å². The van der Waals surface area contributed by atoms with E-state index in [-0.39, 0.29) is 0 Å². The van der Waals surface area contributed by atoms with E-state index in [0.717, 1.165) is 23.9 Å². The Balaban J connectivity index is 1.79. The number of aromatic nitrogens is 3. The highest BCUT2D eigenvalue weighted by Crippen LogP contribution is 2.26. The molecule has 1 aliphatic rings. The zero-order valence-corrected chi connectivity index (χ0v) is 10.6. The van der Waals surface area contributed by atoms with E-state index in [9.17, 15) is 0 Å². The van der Waals surface area contributed by atoms with Crippen molar-refractivity contribution in [3.8, 4) is 5.69 Å². The first-order valence-electron chi connectivity index (χ1n) is 6.88. The molecule has 0 radical (unpaired) electrons. The number of hydrogen-bond acceptors (Lipinski definition) is 2. The summed E-state index contributed by atoms with van der Waals surface area (Å²) in [6, 6.07) is 10.4. The summed E-state index contributed by atoms with van der Waals surface area (Å²) in [5, 5.41) is 8.38. The second kappa shape index (κ2) is 5.34. The number of para-hydroxylation sites is 1. The van der Waals surface area contributed by atoms with Crippen LogP contribution in [0.25, 0.3) is 5.69 Å². The van der Waals surface area contributed by atoms with E-state index in [1.54, 1.807) is 0 Å². The van der Waals surface area contributed by atoms with Gasteiger partial charge in [-0.25, -0.2) is 0 Å². The fourth-order valence-corrected chi connectivity index (χ4v) is 2.85. The lowest BCUT2D eigenvalue weighted by Gasteiger charge is -2.21. The molecular formula is C15H19N3. The predicted octanol–water partition coefficient (Wildman–Crippen LogP) is 3.39. The molecular weight excluding hydrogens is 222 g/mol. The van der Waals surface area contributed by atoms with Crippen molar-refractivity contribution in [2.75, 3.05) is 0 Å². The van der Waals surface area contributed by atoms with Crippen molar-refractivity contribution in [2.24, 2.45) is 5.92 Å². The van der Waals surface area contributed by atoms with Gasteiger partial charge in [-0.2, -0.15) is 0 Å². The van der Waals surface area contributed by atoms with Gasteiger partial charge in [0.05, 0.1) is 0 Å². The predicted molar refractivity (Wildman–Crippen MR) is 71.6 cm³/mol. The van der Waals surface area contributed by atoms with Gasteiger partial charge in [0.25, 0.3) is 0 Å². The molecule has 0 spiro atoms. The molecule has 2 aromatic rings. The van der Waals surface area contributed by atoms with Crippen LogP contribution >= 0.6 is 0 Å². The normalized spacial score (nSPS) is 16.9. The van der Waals surface area contributed by atoms with Crippen LogP contribution in [0.4, 0.5) is 0 Å². The minimum Gasteiger partial charge on any atom is -0.286 e. The van der Waals surface area contributed by atoms with Gasteiger partial charge in [0, 0.05) is 12.1 Å².